The zero-order chi connectivity index (χ0) is 19.7. The average Bonchev–Trinajstić information content (AvgIpc) is 2.56. The maximum Gasteiger partial charge on any atom is 0.410 e. The van der Waals surface area contributed by atoms with E-state index in [9.17, 15) is 14.4 Å². The van der Waals surface area contributed by atoms with Gasteiger partial charge in [0.1, 0.15) is 12.2 Å². The molecule has 0 aromatic carbocycles. The Kier molecular flexibility index (Phi) is 8.41. The summed E-state index contributed by atoms with van der Waals surface area (Å²) < 4.78 is 15.5. The van der Waals surface area contributed by atoms with E-state index in [1.54, 1.807) is 32.6 Å². The molecule has 0 radical (unpaired) electrons. The summed E-state index contributed by atoms with van der Waals surface area (Å²) in [6.45, 7) is 12.0. The van der Waals surface area contributed by atoms with Gasteiger partial charge in [0.2, 0.25) is 0 Å². The normalized spacial score (nSPS) is 17.5. The number of amides is 2. The van der Waals surface area contributed by atoms with Crippen LogP contribution in [0, 0.1) is 0 Å². The van der Waals surface area contributed by atoms with Crippen molar-refractivity contribution in [2.45, 2.75) is 52.2 Å². The molecule has 148 valence electrons. The Labute approximate surface area is 155 Å². The molecule has 0 aliphatic carbocycles. The highest BCUT2D eigenvalue weighted by molar-refractivity contribution is 5.72. The first-order valence-corrected chi connectivity index (χ1v) is 8.85. The topological polar surface area (TPSA) is 85.4 Å². The minimum Gasteiger partial charge on any atom is -0.466 e. The van der Waals surface area contributed by atoms with Crippen LogP contribution in [0.15, 0.2) is 12.7 Å². The molecular formula is C18H30N2O6. The second kappa shape index (κ2) is 10.0. The molecule has 1 atom stereocenters. The number of carbonyl (C=O) groups excluding carboxylic acids is 3. The van der Waals surface area contributed by atoms with Gasteiger partial charge >= 0.3 is 18.2 Å². The Morgan fingerprint density at radius 2 is 1.85 bits per heavy atom. The number of esters is 1. The van der Waals surface area contributed by atoms with E-state index in [0.29, 0.717) is 26.1 Å². The van der Waals surface area contributed by atoms with E-state index < -0.39 is 17.8 Å². The van der Waals surface area contributed by atoms with E-state index in [1.165, 1.54) is 11.0 Å². The van der Waals surface area contributed by atoms with Gasteiger partial charge in [-0.05, 0) is 34.1 Å². The molecule has 8 heteroatoms. The number of hydrogen-bond acceptors (Lipinski definition) is 6. The van der Waals surface area contributed by atoms with Gasteiger partial charge < -0.3 is 24.0 Å². The molecule has 8 nitrogen and oxygen atoms in total. The van der Waals surface area contributed by atoms with Gasteiger partial charge in [-0.2, -0.15) is 0 Å². The number of piperazine rings is 1. The molecule has 0 aromatic rings. The maximum absolute atomic E-state index is 12.5. The van der Waals surface area contributed by atoms with Crippen LogP contribution >= 0.6 is 0 Å². The van der Waals surface area contributed by atoms with E-state index in [2.05, 4.69) is 6.58 Å². The molecule has 1 heterocycles. The van der Waals surface area contributed by atoms with Gasteiger partial charge in [-0.15, -0.1) is 0 Å². The van der Waals surface area contributed by atoms with Crippen LogP contribution in [0.25, 0.3) is 0 Å². The van der Waals surface area contributed by atoms with Crippen molar-refractivity contribution < 1.29 is 28.6 Å². The Balaban J connectivity index is 2.78. The average molecular weight is 370 g/mol. The summed E-state index contributed by atoms with van der Waals surface area (Å²) in [5.74, 6) is -0.331. The summed E-state index contributed by atoms with van der Waals surface area (Å²) in [4.78, 5) is 39.3. The number of rotatable bonds is 6. The summed E-state index contributed by atoms with van der Waals surface area (Å²) in [5, 5.41) is 0. The van der Waals surface area contributed by atoms with Gasteiger partial charge in [0, 0.05) is 26.1 Å². The van der Waals surface area contributed by atoms with Gasteiger partial charge in [0.05, 0.1) is 12.6 Å². The predicted octanol–water partition coefficient (Wildman–Crippen LogP) is 2.57. The molecule has 0 spiro atoms. The van der Waals surface area contributed by atoms with Crippen molar-refractivity contribution in [2.75, 3.05) is 32.8 Å². The fourth-order valence-corrected chi connectivity index (χ4v) is 2.57. The van der Waals surface area contributed by atoms with Gasteiger partial charge in [-0.1, -0.05) is 12.7 Å². The molecule has 2 amide bonds. The van der Waals surface area contributed by atoms with Crippen LogP contribution in [0.2, 0.25) is 0 Å². The number of carbonyl (C=O) groups is 3. The lowest BCUT2D eigenvalue weighted by atomic mass is 10.1. The van der Waals surface area contributed by atoms with E-state index in [4.69, 9.17) is 14.2 Å². The largest absolute Gasteiger partial charge is 0.466 e. The summed E-state index contributed by atoms with van der Waals surface area (Å²) in [7, 11) is 0. The molecule has 1 aliphatic rings. The van der Waals surface area contributed by atoms with E-state index in [1.807, 2.05) is 0 Å². The number of nitrogens with zero attached hydrogens (tertiary/aromatic N) is 2. The highest BCUT2D eigenvalue weighted by Gasteiger charge is 2.35. The minimum absolute atomic E-state index is 0.124. The lowest BCUT2D eigenvalue weighted by molar-refractivity contribution is -0.143. The van der Waals surface area contributed by atoms with E-state index in [0.717, 1.165) is 0 Å². The lowest BCUT2D eigenvalue weighted by Crippen LogP contribution is -2.57. The third-order valence-corrected chi connectivity index (χ3v) is 3.68. The van der Waals surface area contributed by atoms with Gasteiger partial charge in [-0.3, -0.25) is 4.79 Å². The van der Waals surface area contributed by atoms with Crippen molar-refractivity contribution in [1.29, 1.82) is 0 Å². The summed E-state index contributed by atoms with van der Waals surface area (Å²) in [6.07, 6.45) is 1.12. The molecule has 1 aliphatic heterocycles. The van der Waals surface area contributed by atoms with Crippen molar-refractivity contribution in [1.82, 2.24) is 9.80 Å². The molecule has 0 N–H and O–H groups in total. The quantitative estimate of drug-likeness (QED) is 0.406. The van der Waals surface area contributed by atoms with Gasteiger partial charge in [-0.25, -0.2) is 9.59 Å². The standard InChI is InChI=1S/C18H30N2O6/c1-6-12-25-16(22)19-10-11-20(17(23)26-18(3,4)5)14(13-19)8-9-15(21)24-7-2/h6,14H,1,7-13H2,2-5H3. The number of ether oxygens (including phenoxy) is 3. The van der Waals surface area contributed by atoms with Crippen LogP contribution in [0.5, 0.6) is 0 Å². The van der Waals surface area contributed by atoms with Crippen molar-refractivity contribution in [3.05, 3.63) is 12.7 Å². The highest BCUT2D eigenvalue weighted by Crippen LogP contribution is 2.19. The summed E-state index contributed by atoms with van der Waals surface area (Å²) >= 11 is 0. The summed E-state index contributed by atoms with van der Waals surface area (Å²) in [6, 6.07) is -0.348. The van der Waals surface area contributed by atoms with Crippen molar-refractivity contribution in [2.24, 2.45) is 0 Å². The third-order valence-electron chi connectivity index (χ3n) is 3.68. The van der Waals surface area contributed by atoms with E-state index >= 15 is 0 Å². The smallest absolute Gasteiger partial charge is 0.410 e. The summed E-state index contributed by atoms with van der Waals surface area (Å²) in [5.41, 5.74) is -0.622. The molecule has 1 saturated heterocycles. The van der Waals surface area contributed by atoms with Crippen LogP contribution in [0.1, 0.15) is 40.5 Å². The van der Waals surface area contributed by atoms with Crippen molar-refractivity contribution >= 4 is 18.2 Å². The number of hydrogen-bond donors (Lipinski definition) is 0. The third kappa shape index (κ3) is 7.33. The highest BCUT2D eigenvalue weighted by atomic mass is 16.6. The maximum atomic E-state index is 12.5. The molecule has 1 fully saturated rings. The second-order valence-corrected chi connectivity index (χ2v) is 6.98. The molecule has 0 saturated carbocycles. The SMILES string of the molecule is C=CCOC(=O)N1CCN(C(=O)OC(C)(C)C)C(CCC(=O)OCC)C1. The Morgan fingerprint density at radius 1 is 1.15 bits per heavy atom. The zero-order valence-corrected chi connectivity index (χ0v) is 16.2. The molecule has 0 aromatic heterocycles. The lowest BCUT2D eigenvalue weighted by Gasteiger charge is -2.41. The van der Waals surface area contributed by atoms with Crippen LogP contribution < -0.4 is 0 Å². The van der Waals surface area contributed by atoms with Crippen LogP contribution in [-0.4, -0.2) is 72.4 Å². The van der Waals surface area contributed by atoms with Crippen LogP contribution in [0.4, 0.5) is 9.59 Å². The van der Waals surface area contributed by atoms with Gasteiger partial charge in [0.25, 0.3) is 0 Å². The molecule has 0 bridgehead atoms. The van der Waals surface area contributed by atoms with Crippen LogP contribution in [0.3, 0.4) is 0 Å². The molecule has 26 heavy (non-hydrogen) atoms. The van der Waals surface area contributed by atoms with Gasteiger partial charge in [0.15, 0.2) is 0 Å². The molecule has 1 unspecified atom stereocenters. The first-order valence-electron chi connectivity index (χ1n) is 8.85. The minimum atomic E-state index is -0.622. The monoisotopic (exact) mass is 370 g/mol. The fraction of sp³-hybridized carbons (Fsp3) is 0.722. The Morgan fingerprint density at radius 3 is 2.42 bits per heavy atom. The Hall–Kier alpha value is -2.25. The van der Waals surface area contributed by atoms with Crippen LogP contribution in [-0.2, 0) is 19.0 Å². The Bertz CT molecular complexity index is 514. The second-order valence-electron chi connectivity index (χ2n) is 6.98. The fourth-order valence-electron chi connectivity index (χ4n) is 2.57. The first kappa shape index (κ1) is 21.8. The predicted molar refractivity (Wildman–Crippen MR) is 95.7 cm³/mol. The van der Waals surface area contributed by atoms with E-state index in [-0.39, 0.29) is 31.6 Å². The first-order chi connectivity index (χ1) is 12.2. The molecular weight excluding hydrogens is 340 g/mol. The van der Waals surface area contributed by atoms with Crippen molar-refractivity contribution in [3.63, 3.8) is 0 Å². The zero-order valence-electron chi connectivity index (χ0n) is 16.2. The van der Waals surface area contributed by atoms with Crippen molar-refractivity contribution in [3.8, 4) is 0 Å². The molecule has 1 rings (SSSR count).